The van der Waals surface area contributed by atoms with Crippen molar-refractivity contribution < 1.29 is 0 Å². The van der Waals surface area contributed by atoms with Gasteiger partial charge in [-0.15, -0.1) is 0 Å². The smallest absolute Gasteiger partial charge is 0.0120 e. The van der Waals surface area contributed by atoms with Gasteiger partial charge in [0.25, 0.3) is 0 Å². The largest absolute Gasteiger partial charge is 0.306 e. The first-order chi connectivity index (χ1) is 8.79. The SMILES string of the molecule is CN1CCC(N2CC3CN(C4CC4)CC3C2)CC1. The van der Waals surface area contributed by atoms with Crippen molar-refractivity contribution in [3.63, 3.8) is 0 Å². The summed E-state index contributed by atoms with van der Waals surface area (Å²) in [5.74, 6) is 2.01. The average Bonchev–Trinajstić information content (AvgIpc) is 3.02. The predicted molar refractivity (Wildman–Crippen MR) is 73.7 cm³/mol. The minimum absolute atomic E-state index is 0.904. The second-order valence-electron chi connectivity index (χ2n) is 7.19. The highest BCUT2D eigenvalue weighted by atomic mass is 15.3. The fourth-order valence-corrected chi connectivity index (χ4v) is 4.46. The zero-order valence-electron chi connectivity index (χ0n) is 11.7. The van der Waals surface area contributed by atoms with Crippen molar-refractivity contribution in [2.45, 2.75) is 37.8 Å². The number of rotatable bonds is 2. The monoisotopic (exact) mass is 249 g/mol. The highest BCUT2D eigenvalue weighted by molar-refractivity contribution is 4.99. The zero-order chi connectivity index (χ0) is 12.1. The molecule has 0 aromatic rings. The van der Waals surface area contributed by atoms with E-state index in [1.165, 1.54) is 65.0 Å². The molecule has 3 saturated heterocycles. The molecule has 3 nitrogen and oxygen atoms in total. The van der Waals surface area contributed by atoms with E-state index in [0.717, 1.165) is 23.9 Å². The number of fused-ring (bicyclic) bond motifs is 1. The standard InChI is InChI=1S/C15H27N3/c1-16-6-4-15(5-7-16)18-10-12-8-17(14-2-3-14)9-13(12)11-18/h12-15H,2-11H2,1H3. The fourth-order valence-electron chi connectivity index (χ4n) is 4.46. The van der Waals surface area contributed by atoms with E-state index >= 15 is 0 Å². The van der Waals surface area contributed by atoms with Crippen molar-refractivity contribution in [2.24, 2.45) is 11.8 Å². The molecule has 0 spiro atoms. The molecule has 0 amide bonds. The minimum atomic E-state index is 0.904. The van der Waals surface area contributed by atoms with Gasteiger partial charge >= 0.3 is 0 Å². The molecule has 3 aliphatic heterocycles. The van der Waals surface area contributed by atoms with E-state index in [1.807, 2.05) is 0 Å². The summed E-state index contributed by atoms with van der Waals surface area (Å²) in [6.07, 6.45) is 5.78. The van der Waals surface area contributed by atoms with Gasteiger partial charge in [-0.3, -0.25) is 9.80 Å². The highest BCUT2D eigenvalue weighted by Gasteiger charge is 2.45. The van der Waals surface area contributed by atoms with Crippen LogP contribution in [-0.4, -0.2) is 73.1 Å². The molecule has 102 valence electrons. The third-order valence-electron chi connectivity index (χ3n) is 5.81. The predicted octanol–water partition coefficient (Wildman–Crippen LogP) is 1.11. The molecule has 1 aliphatic carbocycles. The maximum Gasteiger partial charge on any atom is 0.0120 e. The van der Waals surface area contributed by atoms with Gasteiger partial charge in [-0.2, -0.15) is 0 Å². The van der Waals surface area contributed by atoms with Crippen LogP contribution in [0.4, 0.5) is 0 Å². The molecular formula is C15H27N3. The summed E-state index contributed by atoms with van der Waals surface area (Å²) in [5, 5.41) is 0. The van der Waals surface area contributed by atoms with Gasteiger partial charge in [-0.1, -0.05) is 0 Å². The van der Waals surface area contributed by atoms with Gasteiger partial charge in [0.1, 0.15) is 0 Å². The van der Waals surface area contributed by atoms with E-state index in [9.17, 15) is 0 Å². The fraction of sp³-hybridized carbons (Fsp3) is 1.00. The van der Waals surface area contributed by atoms with Gasteiger partial charge in [0, 0.05) is 38.3 Å². The molecule has 0 aromatic carbocycles. The third-order valence-corrected chi connectivity index (χ3v) is 5.81. The van der Waals surface area contributed by atoms with Gasteiger partial charge in [-0.25, -0.2) is 0 Å². The maximum atomic E-state index is 2.84. The Morgan fingerprint density at radius 1 is 0.667 bits per heavy atom. The van der Waals surface area contributed by atoms with Crippen LogP contribution in [0.15, 0.2) is 0 Å². The van der Waals surface area contributed by atoms with Crippen LogP contribution in [0.5, 0.6) is 0 Å². The Labute approximate surface area is 111 Å². The Morgan fingerprint density at radius 2 is 1.11 bits per heavy atom. The Hall–Kier alpha value is -0.120. The first-order valence-electron chi connectivity index (χ1n) is 7.96. The molecule has 0 N–H and O–H groups in total. The number of hydrogen-bond donors (Lipinski definition) is 0. The molecule has 4 rings (SSSR count). The van der Waals surface area contributed by atoms with Crippen LogP contribution in [0.1, 0.15) is 25.7 Å². The summed E-state index contributed by atoms with van der Waals surface area (Å²) in [6.45, 7) is 8.26. The molecule has 1 saturated carbocycles. The van der Waals surface area contributed by atoms with Gasteiger partial charge in [0.05, 0.1) is 0 Å². The maximum absolute atomic E-state index is 2.84. The molecule has 2 unspecified atom stereocenters. The summed E-state index contributed by atoms with van der Waals surface area (Å²) in [5.41, 5.74) is 0. The Balaban J connectivity index is 1.32. The molecule has 18 heavy (non-hydrogen) atoms. The summed E-state index contributed by atoms with van der Waals surface area (Å²) in [4.78, 5) is 8.12. The van der Waals surface area contributed by atoms with Gasteiger partial charge in [0.2, 0.25) is 0 Å². The van der Waals surface area contributed by atoms with Crippen LogP contribution in [-0.2, 0) is 0 Å². The number of piperidine rings is 1. The van der Waals surface area contributed by atoms with Crippen molar-refractivity contribution >= 4 is 0 Å². The van der Waals surface area contributed by atoms with Crippen molar-refractivity contribution in [3.8, 4) is 0 Å². The van der Waals surface area contributed by atoms with Crippen LogP contribution in [0.3, 0.4) is 0 Å². The molecule has 0 aromatic heterocycles. The lowest BCUT2D eigenvalue weighted by molar-refractivity contribution is 0.129. The quantitative estimate of drug-likeness (QED) is 0.726. The molecule has 4 aliphatic rings. The van der Waals surface area contributed by atoms with Crippen molar-refractivity contribution in [1.29, 1.82) is 0 Å². The number of hydrogen-bond acceptors (Lipinski definition) is 3. The van der Waals surface area contributed by atoms with Gasteiger partial charge in [0.15, 0.2) is 0 Å². The van der Waals surface area contributed by atoms with E-state index in [0.29, 0.717) is 0 Å². The van der Waals surface area contributed by atoms with E-state index < -0.39 is 0 Å². The second kappa shape index (κ2) is 4.46. The van der Waals surface area contributed by atoms with E-state index in [2.05, 4.69) is 21.7 Å². The van der Waals surface area contributed by atoms with E-state index in [1.54, 1.807) is 0 Å². The molecular weight excluding hydrogens is 222 g/mol. The molecule has 4 fully saturated rings. The van der Waals surface area contributed by atoms with Crippen molar-refractivity contribution in [2.75, 3.05) is 46.3 Å². The Kier molecular flexibility index (Phi) is 2.90. The van der Waals surface area contributed by atoms with Crippen LogP contribution in [0, 0.1) is 11.8 Å². The summed E-state index contributed by atoms with van der Waals surface area (Å²) < 4.78 is 0. The van der Waals surface area contributed by atoms with Crippen LogP contribution < -0.4 is 0 Å². The van der Waals surface area contributed by atoms with E-state index in [-0.39, 0.29) is 0 Å². The summed E-state index contributed by atoms with van der Waals surface area (Å²) in [7, 11) is 2.27. The zero-order valence-corrected chi connectivity index (χ0v) is 11.7. The summed E-state index contributed by atoms with van der Waals surface area (Å²) >= 11 is 0. The molecule has 3 heterocycles. The Morgan fingerprint density at radius 3 is 1.56 bits per heavy atom. The van der Waals surface area contributed by atoms with Crippen molar-refractivity contribution in [3.05, 3.63) is 0 Å². The van der Waals surface area contributed by atoms with Crippen molar-refractivity contribution in [1.82, 2.24) is 14.7 Å². The average molecular weight is 249 g/mol. The van der Waals surface area contributed by atoms with Crippen LogP contribution >= 0.6 is 0 Å². The first-order valence-corrected chi connectivity index (χ1v) is 7.96. The normalized spacial score (nSPS) is 40.5. The summed E-state index contributed by atoms with van der Waals surface area (Å²) in [6, 6.07) is 1.90. The van der Waals surface area contributed by atoms with Gasteiger partial charge in [-0.05, 0) is 57.7 Å². The molecule has 0 bridgehead atoms. The topological polar surface area (TPSA) is 9.72 Å². The van der Waals surface area contributed by atoms with Crippen LogP contribution in [0.25, 0.3) is 0 Å². The van der Waals surface area contributed by atoms with Crippen LogP contribution in [0.2, 0.25) is 0 Å². The molecule has 3 heteroatoms. The minimum Gasteiger partial charge on any atom is -0.306 e. The van der Waals surface area contributed by atoms with E-state index in [4.69, 9.17) is 0 Å². The third kappa shape index (κ3) is 2.10. The van der Waals surface area contributed by atoms with Gasteiger partial charge < -0.3 is 4.90 Å². The highest BCUT2D eigenvalue weighted by Crippen LogP contribution is 2.39. The first kappa shape index (κ1) is 11.7. The lowest BCUT2D eigenvalue weighted by Gasteiger charge is -2.35. The lowest BCUT2D eigenvalue weighted by atomic mass is 10.0. The lowest BCUT2D eigenvalue weighted by Crippen LogP contribution is -2.43. The second-order valence-corrected chi connectivity index (χ2v) is 7.19. The Bertz CT molecular complexity index is 293. The number of nitrogens with zero attached hydrogens (tertiary/aromatic N) is 3. The molecule has 0 radical (unpaired) electrons. The molecule has 2 atom stereocenters. The number of likely N-dealkylation sites (tertiary alicyclic amines) is 3.